The zero-order chi connectivity index (χ0) is 21.7. The summed E-state index contributed by atoms with van der Waals surface area (Å²) in [5.41, 5.74) is 3.82. The fourth-order valence-corrected chi connectivity index (χ4v) is 4.12. The fraction of sp³-hybridized carbons (Fsp3) is 0.318. The standard InChI is InChI=1S/C22H25N3O4S/c1-5-28-22(27)20-18(16-9-7-6-8-10-16)13-30-21(20)23-19(26)12-25(4)11-17-14(2)24-29-15(17)3/h6-10,13H,5,11-12H2,1-4H3,(H,23,26). The van der Waals surface area contributed by atoms with E-state index < -0.39 is 5.97 Å². The first-order chi connectivity index (χ1) is 14.4. The minimum atomic E-state index is -0.447. The molecule has 1 N–H and O–H groups in total. The van der Waals surface area contributed by atoms with Crippen molar-refractivity contribution >= 4 is 28.2 Å². The summed E-state index contributed by atoms with van der Waals surface area (Å²) in [6.07, 6.45) is 0. The van der Waals surface area contributed by atoms with Gasteiger partial charge in [0, 0.05) is 23.1 Å². The van der Waals surface area contributed by atoms with Crippen LogP contribution in [-0.4, -0.2) is 42.1 Å². The lowest BCUT2D eigenvalue weighted by Gasteiger charge is -2.16. The lowest BCUT2D eigenvalue weighted by molar-refractivity contribution is -0.117. The smallest absolute Gasteiger partial charge is 0.341 e. The predicted octanol–water partition coefficient (Wildman–Crippen LogP) is 4.27. The van der Waals surface area contributed by atoms with Gasteiger partial charge in [0.15, 0.2) is 0 Å². The Morgan fingerprint density at radius 2 is 1.97 bits per heavy atom. The number of rotatable bonds is 8. The SMILES string of the molecule is CCOC(=O)c1c(-c2ccccc2)csc1NC(=O)CN(C)Cc1c(C)noc1C. The van der Waals surface area contributed by atoms with E-state index in [1.54, 1.807) is 6.92 Å². The number of hydrogen-bond acceptors (Lipinski definition) is 7. The number of carbonyl (C=O) groups excluding carboxylic acids is 2. The summed E-state index contributed by atoms with van der Waals surface area (Å²) in [4.78, 5) is 27.2. The maximum absolute atomic E-state index is 12.7. The van der Waals surface area contributed by atoms with Crippen molar-refractivity contribution in [3.63, 3.8) is 0 Å². The second-order valence-corrected chi connectivity index (χ2v) is 7.84. The van der Waals surface area contributed by atoms with Crippen molar-refractivity contribution in [2.45, 2.75) is 27.3 Å². The van der Waals surface area contributed by atoms with Crippen LogP contribution in [0.1, 0.15) is 34.3 Å². The van der Waals surface area contributed by atoms with Gasteiger partial charge >= 0.3 is 5.97 Å². The number of hydrogen-bond donors (Lipinski definition) is 1. The van der Waals surface area contributed by atoms with Crippen LogP contribution in [0.4, 0.5) is 5.00 Å². The minimum Gasteiger partial charge on any atom is -0.462 e. The van der Waals surface area contributed by atoms with Gasteiger partial charge in [-0.2, -0.15) is 0 Å². The number of esters is 1. The quantitative estimate of drug-likeness (QED) is 0.541. The van der Waals surface area contributed by atoms with E-state index in [0.717, 1.165) is 28.1 Å². The van der Waals surface area contributed by atoms with Crippen LogP contribution >= 0.6 is 11.3 Å². The monoisotopic (exact) mass is 427 g/mol. The highest BCUT2D eigenvalue weighted by molar-refractivity contribution is 7.15. The van der Waals surface area contributed by atoms with Gasteiger partial charge in [-0.05, 0) is 33.4 Å². The topological polar surface area (TPSA) is 84.7 Å². The average molecular weight is 428 g/mol. The van der Waals surface area contributed by atoms with Gasteiger partial charge < -0.3 is 14.6 Å². The third kappa shape index (κ3) is 4.95. The molecule has 8 heteroatoms. The van der Waals surface area contributed by atoms with Gasteiger partial charge in [-0.3, -0.25) is 9.69 Å². The summed E-state index contributed by atoms with van der Waals surface area (Å²) in [6.45, 7) is 6.45. The number of nitrogens with one attached hydrogen (secondary N) is 1. The number of carbonyl (C=O) groups is 2. The van der Waals surface area contributed by atoms with Crippen molar-refractivity contribution in [3.8, 4) is 11.1 Å². The van der Waals surface area contributed by atoms with Crippen LogP contribution in [0.2, 0.25) is 0 Å². The molecule has 0 aliphatic rings. The highest BCUT2D eigenvalue weighted by atomic mass is 32.1. The number of anilines is 1. The van der Waals surface area contributed by atoms with Crippen LogP contribution in [0.3, 0.4) is 0 Å². The van der Waals surface area contributed by atoms with Crippen LogP contribution in [0, 0.1) is 13.8 Å². The lowest BCUT2D eigenvalue weighted by atomic mass is 10.0. The van der Waals surface area contributed by atoms with Crippen molar-refractivity contribution in [2.75, 3.05) is 25.5 Å². The molecule has 0 aliphatic carbocycles. The molecule has 1 amide bonds. The van der Waals surface area contributed by atoms with Gasteiger partial charge in [-0.15, -0.1) is 11.3 Å². The number of thiophene rings is 1. The Hall–Kier alpha value is -2.97. The number of ether oxygens (including phenoxy) is 1. The minimum absolute atomic E-state index is 0.158. The Kier molecular flexibility index (Phi) is 7.02. The molecule has 30 heavy (non-hydrogen) atoms. The predicted molar refractivity (Wildman–Crippen MR) is 117 cm³/mol. The van der Waals surface area contributed by atoms with Crippen molar-refractivity contribution in [3.05, 3.63) is 58.3 Å². The first kappa shape index (κ1) is 21.7. The maximum Gasteiger partial charge on any atom is 0.341 e. The van der Waals surface area contributed by atoms with Gasteiger partial charge in [0.1, 0.15) is 16.3 Å². The summed E-state index contributed by atoms with van der Waals surface area (Å²) in [5, 5.41) is 9.18. The number of nitrogens with zero attached hydrogens (tertiary/aromatic N) is 2. The van der Waals surface area contributed by atoms with Gasteiger partial charge in [0.25, 0.3) is 0 Å². The Morgan fingerprint density at radius 1 is 1.23 bits per heavy atom. The Bertz CT molecular complexity index is 1010. The molecule has 3 rings (SSSR count). The summed E-state index contributed by atoms with van der Waals surface area (Å²) < 4.78 is 10.4. The summed E-state index contributed by atoms with van der Waals surface area (Å²) >= 11 is 1.31. The van der Waals surface area contributed by atoms with Gasteiger partial charge in [0.2, 0.25) is 5.91 Å². The maximum atomic E-state index is 12.7. The number of amides is 1. The van der Waals surface area contributed by atoms with Crippen LogP contribution in [-0.2, 0) is 16.1 Å². The number of aryl methyl sites for hydroxylation is 2. The van der Waals surface area contributed by atoms with Crippen LogP contribution in [0.15, 0.2) is 40.2 Å². The number of likely N-dealkylation sites (N-methyl/N-ethyl adjacent to an activating group) is 1. The van der Waals surface area contributed by atoms with Gasteiger partial charge in [-0.1, -0.05) is 35.5 Å². The van der Waals surface area contributed by atoms with E-state index >= 15 is 0 Å². The van der Waals surface area contributed by atoms with Gasteiger partial charge in [-0.25, -0.2) is 4.79 Å². The summed E-state index contributed by atoms with van der Waals surface area (Å²) in [6, 6.07) is 9.58. The van der Waals surface area contributed by atoms with Crippen molar-refractivity contribution in [2.24, 2.45) is 0 Å². The molecule has 0 radical (unpaired) electrons. The fourth-order valence-electron chi connectivity index (χ4n) is 3.15. The molecule has 7 nitrogen and oxygen atoms in total. The van der Waals surface area contributed by atoms with E-state index in [2.05, 4.69) is 10.5 Å². The second-order valence-electron chi connectivity index (χ2n) is 6.96. The van der Waals surface area contributed by atoms with E-state index in [-0.39, 0.29) is 19.1 Å². The second kappa shape index (κ2) is 9.69. The van der Waals surface area contributed by atoms with Crippen LogP contribution in [0.5, 0.6) is 0 Å². The summed E-state index contributed by atoms with van der Waals surface area (Å²) in [7, 11) is 1.85. The molecule has 0 saturated heterocycles. The molecule has 1 aromatic carbocycles. The molecular formula is C22H25N3O4S. The van der Waals surface area contributed by atoms with Crippen molar-refractivity contribution < 1.29 is 18.8 Å². The first-order valence-corrected chi connectivity index (χ1v) is 10.5. The third-order valence-electron chi connectivity index (χ3n) is 4.63. The highest BCUT2D eigenvalue weighted by Gasteiger charge is 2.23. The Labute approximate surface area is 179 Å². The zero-order valence-electron chi connectivity index (χ0n) is 17.5. The average Bonchev–Trinajstić information content (AvgIpc) is 3.27. The van der Waals surface area contributed by atoms with Crippen molar-refractivity contribution in [1.82, 2.24) is 10.1 Å². The lowest BCUT2D eigenvalue weighted by Crippen LogP contribution is -2.30. The molecule has 0 atom stereocenters. The molecular weight excluding hydrogens is 402 g/mol. The summed E-state index contributed by atoms with van der Waals surface area (Å²) in [5.74, 6) is 0.0864. The Morgan fingerprint density at radius 3 is 2.60 bits per heavy atom. The molecule has 0 aliphatic heterocycles. The van der Waals surface area contributed by atoms with Crippen LogP contribution in [0.25, 0.3) is 11.1 Å². The third-order valence-corrected chi connectivity index (χ3v) is 5.53. The number of aromatic nitrogens is 1. The molecule has 0 unspecified atom stereocenters. The van der Waals surface area contributed by atoms with E-state index in [1.165, 1.54) is 11.3 Å². The van der Waals surface area contributed by atoms with Gasteiger partial charge in [0.05, 0.1) is 18.8 Å². The molecule has 3 aromatic rings. The normalized spacial score (nSPS) is 11.0. The Balaban J connectivity index is 1.76. The molecule has 2 aromatic heterocycles. The van der Waals surface area contributed by atoms with E-state index in [9.17, 15) is 9.59 Å². The van der Waals surface area contributed by atoms with E-state index in [4.69, 9.17) is 9.26 Å². The first-order valence-electron chi connectivity index (χ1n) is 9.64. The molecule has 0 bridgehead atoms. The largest absolute Gasteiger partial charge is 0.462 e. The number of benzene rings is 1. The highest BCUT2D eigenvalue weighted by Crippen LogP contribution is 2.36. The molecule has 0 fully saturated rings. The molecule has 0 spiro atoms. The van der Waals surface area contributed by atoms with Crippen LogP contribution < -0.4 is 5.32 Å². The molecule has 0 saturated carbocycles. The molecule has 158 valence electrons. The van der Waals surface area contributed by atoms with E-state index in [1.807, 2.05) is 61.5 Å². The zero-order valence-corrected chi connectivity index (χ0v) is 18.3. The molecule has 2 heterocycles. The van der Waals surface area contributed by atoms with Crippen molar-refractivity contribution in [1.29, 1.82) is 0 Å². The van der Waals surface area contributed by atoms with E-state index in [0.29, 0.717) is 17.1 Å².